The van der Waals surface area contributed by atoms with E-state index in [0.29, 0.717) is 11.0 Å². The van der Waals surface area contributed by atoms with Crippen molar-refractivity contribution in [2.24, 2.45) is 0 Å². The SMILES string of the molecule is CSc1ccc(S(=O)(=O)Nc2cc(C(F)(F)F)ccc2Cl)cc1NC(C)=O. The zero-order valence-electron chi connectivity index (χ0n) is 14.0. The monoisotopic (exact) mass is 438 g/mol. The Hall–Kier alpha value is -1.91. The number of benzene rings is 2. The zero-order chi connectivity index (χ0) is 20.4. The molecule has 0 saturated heterocycles. The normalized spacial score (nSPS) is 11.9. The van der Waals surface area contributed by atoms with E-state index in [2.05, 4.69) is 10.0 Å². The van der Waals surface area contributed by atoms with Gasteiger partial charge in [0.05, 0.1) is 26.9 Å². The average molecular weight is 439 g/mol. The third kappa shape index (κ3) is 5.30. The van der Waals surface area contributed by atoms with E-state index in [1.165, 1.54) is 36.9 Å². The van der Waals surface area contributed by atoms with Crippen molar-refractivity contribution in [2.75, 3.05) is 16.3 Å². The number of sulfonamides is 1. The van der Waals surface area contributed by atoms with Crippen molar-refractivity contribution in [3.05, 3.63) is 47.0 Å². The Morgan fingerprint density at radius 3 is 2.33 bits per heavy atom. The van der Waals surface area contributed by atoms with E-state index in [4.69, 9.17) is 11.6 Å². The van der Waals surface area contributed by atoms with E-state index in [1.54, 1.807) is 6.26 Å². The first-order valence-electron chi connectivity index (χ1n) is 7.29. The van der Waals surface area contributed by atoms with Crippen LogP contribution in [0.5, 0.6) is 0 Å². The first-order valence-corrected chi connectivity index (χ1v) is 10.4. The Bertz CT molecular complexity index is 979. The fourth-order valence-corrected chi connectivity index (χ4v) is 3.98. The molecule has 2 aromatic carbocycles. The standard InChI is InChI=1S/C16H14ClF3N2O3S2/c1-9(23)21-14-8-11(4-6-15(14)26-2)27(24,25)22-13-7-10(16(18,19)20)3-5-12(13)17/h3-8,22H,1-2H3,(H,21,23). The molecule has 0 atom stereocenters. The Morgan fingerprint density at radius 2 is 1.78 bits per heavy atom. The minimum absolute atomic E-state index is 0.186. The fourth-order valence-electron chi connectivity index (χ4n) is 2.13. The van der Waals surface area contributed by atoms with Gasteiger partial charge >= 0.3 is 6.18 Å². The molecule has 0 heterocycles. The third-order valence-corrected chi connectivity index (χ3v) is 5.82. The maximum Gasteiger partial charge on any atom is 0.416 e. The number of nitrogens with one attached hydrogen (secondary N) is 2. The summed E-state index contributed by atoms with van der Waals surface area (Å²) in [5, 5.41) is 2.33. The quantitative estimate of drug-likeness (QED) is 0.655. The van der Waals surface area contributed by atoms with Gasteiger partial charge < -0.3 is 5.32 Å². The summed E-state index contributed by atoms with van der Waals surface area (Å²) in [5.74, 6) is -0.395. The van der Waals surface area contributed by atoms with Crippen LogP contribution in [0.2, 0.25) is 5.02 Å². The maximum atomic E-state index is 12.9. The van der Waals surface area contributed by atoms with E-state index >= 15 is 0 Å². The molecule has 1 amide bonds. The van der Waals surface area contributed by atoms with Crippen LogP contribution in [0.3, 0.4) is 0 Å². The van der Waals surface area contributed by atoms with Crippen molar-refractivity contribution in [1.29, 1.82) is 0 Å². The lowest BCUT2D eigenvalue weighted by Crippen LogP contribution is -2.15. The second-order valence-electron chi connectivity index (χ2n) is 5.34. The molecule has 0 aromatic heterocycles. The van der Waals surface area contributed by atoms with E-state index in [-0.39, 0.29) is 15.6 Å². The lowest BCUT2D eigenvalue weighted by molar-refractivity contribution is -0.137. The number of thioether (sulfide) groups is 1. The zero-order valence-corrected chi connectivity index (χ0v) is 16.4. The van der Waals surface area contributed by atoms with Gasteiger partial charge in [0.15, 0.2) is 0 Å². The summed E-state index contributed by atoms with van der Waals surface area (Å²) in [6.45, 7) is 1.27. The molecule has 2 rings (SSSR count). The van der Waals surface area contributed by atoms with Gasteiger partial charge in [-0.2, -0.15) is 13.2 Å². The second kappa shape index (κ2) is 7.99. The largest absolute Gasteiger partial charge is 0.416 e. The van der Waals surface area contributed by atoms with Crippen LogP contribution in [-0.2, 0) is 21.0 Å². The summed E-state index contributed by atoms with van der Waals surface area (Å²) in [7, 11) is -4.24. The van der Waals surface area contributed by atoms with Crippen LogP contribution in [0.1, 0.15) is 12.5 Å². The molecule has 5 nitrogen and oxygen atoms in total. The number of carbonyl (C=O) groups excluding carboxylic acids is 1. The summed E-state index contributed by atoms with van der Waals surface area (Å²) in [5.41, 5.74) is -1.17. The van der Waals surface area contributed by atoms with Crippen molar-refractivity contribution in [3.8, 4) is 0 Å². The van der Waals surface area contributed by atoms with Gasteiger partial charge in [0.25, 0.3) is 10.0 Å². The molecule has 2 N–H and O–H groups in total. The van der Waals surface area contributed by atoms with Crippen molar-refractivity contribution >= 4 is 50.7 Å². The summed E-state index contributed by atoms with van der Waals surface area (Å²) >= 11 is 7.12. The van der Waals surface area contributed by atoms with E-state index < -0.39 is 33.4 Å². The van der Waals surface area contributed by atoms with Crippen molar-refractivity contribution in [3.63, 3.8) is 0 Å². The van der Waals surface area contributed by atoms with Crippen molar-refractivity contribution < 1.29 is 26.4 Å². The molecule has 0 aliphatic rings. The number of anilines is 2. The number of alkyl halides is 3. The van der Waals surface area contributed by atoms with Crippen LogP contribution in [0.25, 0.3) is 0 Å². The molecular formula is C16H14ClF3N2O3S2. The molecule has 27 heavy (non-hydrogen) atoms. The maximum absolute atomic E-state index is 12.9. The molecule has 0 unspecified atom stereocenters. The van der Waals surface area contributed by atoms with Gasteiger partial charge in [-0.1, -0.05) is 11.6 Å². The Kier molecular flexibility index (Phi) is 6.33. The highest BCUT2D eigenvalue weighted by Gasteiger charge is 2.31. The lowest BCUT2D eigenvalue weighted by atomic mass is 10.2. The van der Waals surface area contributed by atoms with E-state index in [0.717, 1.165) is 12.1 Å². The Balaban J connectivity index is 2.44. The number of amides is 1. The van der Waals surface area contributed by atoms with Gasteiger partial charge in [0, 0.05) is 11.8 Å². The summed E-state index contributed by atoms with van der Waals surface area (Å²) in [6, 6.07) is 6.31. The second-order valence-corrected chi connectivity index (χ2v) is 8.28. The number of rotatable bonds is 5. The van der Waals surface area contributed by atoms with Gasteiger partial charge in [-0.25, -0.2) is 8.42 Å². The molecule has 0 fully saturated rings. The predicted octanol–water partition coefficient (Wildman–Crippen LogP) is 4.84. The first-order chi connectivity index (χ1) is 12.4. The van der Waals surface area contributed by atoms with Crippen LogP contribution >= 0.6 is 23.4 Å². The highest BCUT2D eigenvalue weighted by atomic mass is 35.5. The molecule has 0 saturated carbocycles. The highest BCUT2D eigenvalue weighted by Crippen LogP contribution is 2.35. The molecule has 146 valence electrons. The van der Waals surface area contributed by atoms with Crippen molar-refractivity contribution in [1.82, 2.24) is 0 Å². The van der Waals surface area contributed by atoms with Gasteiger partial charge in [0.1, 0.15) is 0 Å². The minimum atomic E-state index is -4.65. The molecule has 0 spiro atoms. The smallest absolute Gasteiger partial charge is 0.325 e. The van der Waals surface area contributed by atoms with Gasteiger partial charge in [0.2, 0.25) is 5.91 Å². The molecule has 0 aliphatic heterocycles. The minimum Gasteiger partial charge on any atom is -0.325 e. The predicted molar refractivity (Wildman–Crippen MR) is 99.8 cm³/mol. The van der Waals surface area contributed by atoms with Crippen LogP contribution in [-0.4, -0.2) is 20.6 Å². The number of hydrogen-bond donors (Lipinski definition) is 2. The number of halogens is 4. The topological polar surface area (TPSA) is 75.3 Å². The van der Waals surface area contributed by atoms with Crippen LogP contribution in [0, 0.1) is 0 Å². The van der Waals surface area contributed by atoms with Crippen molar-refractivity contribution in [2.45, 2.75) is 22.9 Å². The first kappa shape index (κ1) is 21.4. The number of carbonyl (C=O) groups is 1. The summed E-state index contributed by atoms with van der Waals surface area (Å²) < 4.78 is 65.8. The van der Waals surface area contributed by atoms with Gasteiger partial charge in [-0.05, 0) is 42.7 Å². The Morgan fingerprint density at radius 1 is 1.11 bits per heavy atom. The fraction of sp³-hybridized carbons (Fsp3) is 0.188. The van der Waals surface area contributed by atoms with Crippen LogP contribution in [0.4, 0.5) is 24.5 Å². The molecule has 0 aliphatic carbocycles. The highest BCUT2D eigenvalue weighted by molar-refractivity contribution is 7.98. The summed E-state index contributed by atoms with van der Waals surface area (Å²) in [4.78, 5) is 11.7. The van der Waals surface area contributed by atoms with E-state index in [9.17, 15) is 26.4 Å². The molecule has 0 radical (unpaired) electrons. The molecular weight excluding hydrogens is 425 g/mol. The average Bonchev–Trinajstić information content (AvgIpc) is 2.55. The molecule has 11 heteroatoms. The lowest BCUT2D eigenvalue weighted by Gasteiger charge is -2.14. The van der Waals surface area contributed by atoms with Crippen LogP contribution < -0.4 is 10.0 Å². The van der Waals surface area contributed by atoms with Gasteiger partial charge in [-0.3, -0.25) is 9.52 Å². The number of hydrogen-bond acceptors (Lipinski definition) is 4. The van der Waals surface area contributed by atoms with E-state index in [1.807, 2.05) is 0 Å². The molecule has 2 aromatic rings. The third-order valence-electron chi connectivity index (χ3n) is 3.33. The van der Waals surface area contributed by atoms with Crippen LogP contribution in [0.15, 0.2) is 46.2 Å². The summed E-state index contributed by atoms with van der Waals surface area (Å²) in [6.07, 6.45) is -2.90. The molecule has 0 bridgehead atoms. The van der Waals surface area contributed by atoms with Gasteiger partial charge in [-0.15, -0.1) is 11.8 Å². The Labute approximate surface area is 163 Å².